The van der Waals surface area contributed by atoms with E-state index in [9.17, 15) is 4.79 Å². The van der Waals surface area contributed by atoms with E-state index in [1.54, 1.807) is 0 Å². The van der Waals surface area contributed by atoms with E-state index in [-0.39, 0.29) is 5.41 Å². The number of fused-ring (bicyclic) bond motifs is 5. The number of ketones is 1. The SMILES string of the molecule is Cc1cccc2cc3c(cc12)CCC1(CC2C=CC1C2)C3=O. The van der Waals surface area contributed by atoms with Crippen molar-refractivity contribution in [3.8, 4) is 0 Å². The molecule has 3 aliphatic carbocycles. The Balaban J connectivity index is 1.69. The van der Waals surface area contributed by atoms with E-state index in [4.69, 9.17) is 0 Å². The zero-order valence-electron chi connectivity index (χ0n) is 12.9. The van der Waals surface area contributed by atoms with Crippen molar-refractivity contribution in [3.05, 3.63) is 59.2 Å². The van der Waals surface area contributed by atoms with Gasteiger partial charge in [-0.3, -0.25) is 4.79 Å². The Morgan fingerprint density at radius 2 is 2.09 bits per heavy atom. The van der Waals surface area contributed by atoms with Crippen LogP contribution in [0.25, 0.3) is 10.8 Å². The third-order valence-electron chi connectivity index (χ3n) is 6.37. The van der Waals surface area contributed by atoms with Crippen LogP contribution in [0, 0.1) is 24.2 Å². The Morgan fingerprint density at radius 3 is 2.86 bits per heavy atom. The minimum atomic E-state index is -0.0794. The molecule has 110 valence electrons. The molecule has 3 unspecified atom stereocenters. The first-order chi connectivity index (χ1) is 10.7. The van der Waals surface area contributed by atoms with Gasteiger partial charge < -0.3 is 0 Å². The first-order valence-corrected chi connectivity index (χ1v) is 8.43. The van der Waals surface area contributed by atoms with Crippen molar-refractivity contribution in [1.82, 2.24) is 0 Å². The molecule has 2 aromatic rings. The number of hydrogen-bond donors (Lipinski definition) is 0. The molecule has 0 N–H and O–H groups in total. The minimum absolute atomic E-state index is 0.0794. The molecule has 1 fully saturated rings. The van der Waals surface area contributed by atoms with Gasteiger partial charge in [0.2, 0.25) is 0 Å². The summed E-state index contributed by atoms with van der Waals surface area (Å²) in [5, 5.41) is 2.51. The van der Waals surface area contributed by atoms with Gasteiger partial charge in [-0.25, -0.2) is 0 Å². The summed E-state index contributed by atoms with van der Waals surface area (Å²) in [5.41, 5.74) is 3.49. The summed E-state index contributed by atoms with van der Waals surface area (Å²) in [4.78, 5) is 13.3. The van der Waals surface area contributed by atoms with Crippen molar-refractivity contribution >= 4 is 16.6 Å². The number of rotatable bonds is 0. The van der Waals surface area contributed by atoms with Crippen LogP contribution < -0.4 is 0 Å². The van der Waals surface area contributed by atoms with Gasteiger partial charge in [-0.15, -0.1) is 0 Å². The van der Waals surface area contributed by atoms with Gasteiger partial charge >= 0.3 is 0 Å². The molecular formula is C21H20O. The first kappa shape index (κ1) is 12.6. The Bertz CT molecular complexity index is 844. The van der Waals surface area contributed by atoms with Gasteiger partial charge in [0.15, 0.2) is 5.78 Å². The largest absolute Gasteiger partial charge is 0.294 e. The van der Waals surface area contributed by atoms with Crippen LogP contribution in [-0.2, 0) is 6.42 Å². The average Bonchev–Trinajstić information content (AvgIpc) is 3.12. The summed E-state index contributed by atoms with van der Waals surface area (Å²) in [6.45, 7) is 2.15. The van der Waals surface area contributed by atoms with Gasteiger partial charge in [0, 0.05) is 11.0 Å². The Kier molecular flexibility index (Phi) is 2.35. The van der Waals surface area contributed by atoms with Crippen molar-refractivity contribution in [1.29, 1.82) is 0 Å². The highest BCUT2D eigenvalue weighted by atomic mass is 16.1. The average molecular weight is 288 g/mol. The molecule has 1 nitrogen and oxygen atoms in total. The van der Waals surface area contributed by atoms with Crippen molar-refractivity contribution < 1.29 is 4.79 Å². The number of carbonyl (C=O) groups excluding carboxylic acids is 1. The quantitative estimate of drug-likeness (QED) is 0.633. The van der Waals surface area contributed by atoms with Crippen molar-refractivity contribution in [2.45, 2.75) is 32.6 Å². The normalized spacial score (nSPS) is 32.1. The fraction of sp³-hybridized carbons (Fsp3) is 0.381. The summed E-state index contributed by atoms with van der Waals surface area (Å²) >= 11 is 0. The highest BCUT2D eigenvalue weighted by Crippen LogP contribution is 2.57. The van der Waals surface area contributed by atoms with Gasteiger partial charge in [0.25, 0.3) is 0 Å². The zero-order chi connectivity index (χ0) is 14.9. The maximum Gasteiger partial charge on any atom is 0.169 e. The lowest BCUT2D eigenvalue weighted by molar-refractivity contribution is 0.0703. The van der Waals surface area contributed by atoms with Crippen molar-refractivity contribution in [2.24, 2.45) is 17.3 Å². The molecule has 2 bridgehead atoms. The number of benzene rings is 2. The standard InChI is InChI=1S/C21H20O/c1-13-3-2-4-15-11-19-16(10-18(13)15)7-8-21(20(19)22)12-14-5-6-17(21)9-14/h2-6,10-11,14,17H,7-9,12H2,1H3. The van der Waals surface area contributed by atoms with Gasteiger partial charge in [0.1, 0.15) is 0 Å². The lowest BCUT2D eigenvalue weighted by atomic mass is 9.63. The zero-order valence-corrected chi connectivity index (χ0v) is 12.9. The number of Topliss-reactive ketones (excluding diaryl/α,β-unsaturated/α-hetero) is 1. The molecule has 0 saturated heterocycles. The molecule has 0 heterocycles. The summed E-state index contributed by atoms with van der Waals surface area (Å²) in [6.07, 6.45) is 9.04. The molecule has 0 amide bonds. The predicted molar refractivity (Wildman–Crippen MR) is 89.1 cm³/mol. The van der Waals surface area contributed by atoms with E-state index in [0.717, 1.165) is 24.8 Å². The smallest absolute Gasteiger partial charge is 0.169 e. The summed E-state index contributed by atoms with van der Waals surface area (Å²) in [7, 11) is 0. The number of carbonyl (C=O) groups is 1. The molecule has 1 spiro atoms. The van der Waals surface area contributed by atoms with E-state index in [1.165, 1.54) is 28.3 Å². The molecule has 1 saturated carbocycles. The molecular weight excluding hydrogens is 268 g/mol. The molecule has 3 aliphatic rings. The maximum atomic E-state index is 13.3. The molecule has 0 aromatic heterocycles. The predicted octanol–water partition coefficient (Wildman–Crippen LogP) is 4.86. The van der Waals surface area contributed by atoms with Gasteiger partial charge in [-0.05, 0) is 72.4 Å². The second kappa shape index (κ2) is 4.10. The number of hydrogen-bond acceptors (Lipinski definition) is 1. The molecule has 0 radical (unpaired) electrons. The Morgan fingerprint density at radius 1 is 1.18 bits per heavy atom. The molecule has 22 heavy (non-hydrogen) atoms. The van der Waals surface area contributed by atoms with E-state index < -0.39 is 0 Å². The summed E-state index contributed by atoms with van der Waals surface area (Å²) < 4.78 is 0. The number of allylic oxidation sites excluding steroid dienone is 2. The van der Waals surface area contributed by atoms with Crippen LogP contribution in [0.1, 0.15) is 40.7 Å². The van der Waals surface area contributed by atoms with Crippen LogP contribution in [0.3, 0.4) is 0 Å². The van der Waals surface area contributed by atoms with E-state index in [2.05, 4.69) is 49.4 Å². The molecule has 1 heteroatoms. The van der Waals surface area contributed by atoms with E-state index in [0.29, 0.717) is 17.6 Å². The van der Waals surface area contributed by atoms with Crippen LogP contribution in [0.15, 0.2) is 42.5 Å². The molecule has 0 aliphatic heterocycles. The highest BCUT2D eigenvalue weighted by molar-refractivity contribution is 6.06. The summed E-state index contributed by atoms with van der Waals surface area (Å²) in [5.74, 6) is 1.57. The van der Waals surface area contributed by atoms with E-state index >= 15 is 0 Å². The lowest BCUT2D eigenvalue weighted by Crippen LogP contribution is -2.39. The third kappa shape index (κ3) is 1.47. The molecule has 3 atom stereocenters. The highest BCUT2D eigenvalue weighted by Gasteiger charge is 2.54. The minimum Gasteiger partial charge on any atom is -0.294 e. The van der Waals surface area contributed by atoms with Gasteiger partial charge in [-0.1, -0.05) is 36.4 Å². The fourth-order valence-corrected chi connectivity index (χ4v) is 5.19. The second-order valence-corrected chi connectivity index (χ2v) is 7.48. The summed E-state index contributed by atoms with van der Waals surface area (Å²) in [6, 6.07) is 10.8. The van der Waals surface area contributed by atoms with Crippen LogP contribution in [0.2, 0.25) is 0 Å². The topological polar surface area (TPSA) is 17.1 Å². The molecule has 2 aromatic carbocycles. The Labute approximate surface area is 131 Å². The van der Waals surface area contributed by atoms with Crippen LogP contribution in [-0.4, -0.2) is 5.78 Å². The van der Waals surface area contributed by atoms with Crippen LogP contribution in [0.5, 0.6) is 0 Å². The Hall–Kier alpha value is -1.89. The molecule has 5 rings (SSSR count). The van der Waals surface area contributed by atoms with Crippen LogP contribution in [0.4, 0.5) is 0 Å². The maximum absolute atomic E-state index is 13.3. The lowest BCUT2D eigenvalue weighted by Gasteiger charge is -2.38. The fourth-order valence-electron chi connectivity index (χ4n) is 5.19. The number of aryl methyl sites for hydroxylation is 2. The van der Waals surface area contributed by atoms with Crippen LogP contribution >= 0.6 is 0 Å². The van der Waals surface area contributed by atoms with Gasteiger partial charge in [-0.2, -0.15) is 0 Å². The second-order valence-electron chi connectivity index (χ2n) is 7.48. The van der Waals surface area contributed by atoms with Crippen molar-refractivity contribution in [3.63, 3.8) is 0 Å². The third-order valence-corrected chi connectivity index (χ3v) is 6.37. The first-order valence-electron chi connectivity index (χ1n) is 8.43. The van der Waals surface area contributed by atoms with Crippen molar-refractivity contribution in [2.75, 3.05) is 0 Å². The monoisotopic (exact) mass is 288 g/mol. The van der Waals surface area contributed by atoms with E-state index in [1.807, 2.05) is 0 Å². The van der Waals surface area contributed by atoms with Gasteiger partial charge in [0.05, 0.1) is 0 Å².